The van der Waals surface area contributed by atoms with E-state index in [4.69, 9.17) is 9.07 Å². The van der Waals surface area contributed by atoms with Crippen molar-refractivity contribution in [2.45, 2.75) is 19.3 Å². The largest absolute Gasteiger partial charge is 0.538 e. The van der Waals surface area contributed by atoms with Crippen LogP contribution in [0.15, 0.2) is 18.2 Å². The van der Waals surface area contributed by atoms with Gasteiger partial charge < -0.3 is 9.07 Å². The lowest BCUT2D eigenvalue weighted by atomic mass is 9.91. The van der Waals surface area contributed by atoms with Crippen molar-refractivity contribution in [1.82, 2.24) is 0 Å². The molecule has 2 rings (SSSR count). The number of carbonyl (C=O) groups is 1. The van der Waals surface area contributed by atoms with E-state index < -0.39 is 19.3 Å². The molecule has 0 aliphatic heterocycles. The molecule has 3 heteroatoms. The molecule has 0 N–H and O–H groups in total. The van der Waals surface area contributed by atoms with Gasteiger partial charge in [0.15, 0.2) is 5.78 Å². The Morgan fingerprint density at radius 1 is 1.31 bits per heavy atom. The lowest BCUT2D eigenvalue weighted by Crippen LogP contribution is -2.23. The minimum Gasteiger partial charge on any atom is -0.336 e. The summed E-state index contributed by atoms with van der Waals surface area (Å²) in [7, 11) is 5.94. The van der Waals surface area contributed by atoms with Gasteiger partial charge >= 0.3 is 19.3 Å². The van der Waals surface area contributed by atoms with Crippen LogP contribution in [0.25, 0.3) is 0 Å². The number of hydrogen-bond acceptors (Lipinski definition) is 1. The van der Waals surface area contributed by atoms with Gasteiger partial charge in [-0.25, -0.2) is 0 Å². The van der Waals surface area contributed by atoms with E-state index in [9.17, 15) is 4.79 Å². The maximum absolute atomic E-state index is 11.5. The Morgan fingerprint density at radius 3 is 2.92 bits per heavy atom. The molecule has 1 aliphatic carbocycles. The topological polar surface area (TPSA) is 17.1 Å². The van der Waals surface area contributed by atoms with Crippen LogP contribution in [0, 0.1) is 0 Å². The molecule has 0 spiro atoms. The summed E-state index contributed by atoms with van der Waals surface area (Å²) in [4.78, 5) is 11.5. The number of rotatable bonds is 1. The van der Waals surface area contributed by atoms with Gasteiger partial charge in [-0.2, -0.15) is 0 Å². The van der Waals surface area contributed by atoms with Crippen LogP contribution < -0.4 is 3.69 Å². The highest BCUT2D eigenvalue weighted by Gasteiger charge is 2.18. The molecule has 0 atom stereocenters. The Kier molecular flexibility index (Phi) is 2.91. The molecule has 1 nitrogen and oxygen atoms in total. The molecule has 0 radical (unpaired) electrons. The fraction of sp³-hybridized carbons (Fsp3) is 0.300. The standard InChI is InChI=1S/C10H9O.ClH.Mg/c11-10-7-3-5-8-4-1-2-6-9(8)10;;/h1-2,6H,3,5,7H2;1H;/q;;+1/p-1. The van der Waals surface area contributed by atoms with Gasteiger partial charge in [0.05, 0.1) is 0 Å². The van der Waals surface area contributed by atoms with Crippen molar-refractivity contribution in [3.8, 4) is 0 Å². The molecule has 0 fully saturated rings. The quantitative estimate of drug-likeness (QED) is 0.637. The Bertz CT molecular complexity index is 349. The third kappa shape index (κ3) is 1.76. The van der Waals surface area contributed by atoms with E-state index in [1.165, 1.54) is 9.26 Å². The SMILES string of the molecule is O=C1CCCc2[c]([Mg][Cl])cccc21. The Labute approximate surface area is 91.0 Å². The Morgan fingerprint density at radius 2 is 2.15 bits per heavy atom. The lowest BCUT2D eigenvalue weighted by molar-refractivity contribution is 0.0972. The first-order valence-electron chi connectivity index (χ1n) is 4.53. The number of benzene rings is 1. The molecule has 0 aromatic heterocycles. The number of fused-ring (bicyclic) bond motifs is 1. The van der Waals surface area contributed by atoms with E-state index in [2.05, 4.69) is 6.07 Å². The van der Waals surface area contributed by atoms with E-state index in [0.29, 0.717) is 12.2 Å². The van der Waals surface area contributed by atoms with Gasteiger partial charge in [-0.3, -0.25) is 4.79 Å². The highest BCUT2D eigenvalue weighted by molar-refractivity contribution is 7.01. The Hall–Kier alpha value is -0.0538. The highest BCUT2D eigenvalue weighted by atomic mass is 35.5. The van der Waals surface area contributed by atoms with Crippen molar-refractivity contribution in [1.29, 1.82) is 0 Å². The van der Waals surface area contributed by atoms with E-state index in [1.54, 1.807) is 0 Å². The highest BCUT2D eigenvalue weighted by Crippen LogP contribution is 2.19. The predicted octanol–water partition coefficient (Wildman–Crippen LogP) is 1.69. The summed E-state index contributed by atoms with van der Waals surface area (Å²) in [5.41, 5.74) is 2.16. The van der Waals surface area contributed by atoms with Gasteiger partial charge in [0, 0.05) is 12.0 Å². The minimum atomic E-state index is -0.648. The fourth-order valence-electron chi connectivity index (χ4n) is 1.88. The zero-order chi connectivity index (χ0) is 9.26. The van der Waals surface area contributed by atoms with Crippen LogP contribution in [0.3, 0.4) is 0 Å². The van der Waals surface area contributed by atoms with Gasteiger partial charge in [0.25, 0.3) is 0 Å². The van der Waals surface area contributed by atoms with Crippen LogP contribution in [0.5, 0.6) is 0 Å². The van der Waals surface area contributed by atoms with Crippen LogP contribution in [0.2, 0.25) is 0 Å². The van der Waals surface area contributed by atoms with Gasteiger partial charge in [0.2, 0.25) is 0 Å². The molecular weight excluding hydrogens is 196 g/mol. The van der Waals surface area contributed by atoms with E-state index >= 15 is 0 Å². The average molecular weight is 205 g/mol. The van der Waals surface area contributed by atoms with Crippen LogP contribution >= 0.6 is 9.07 Å². The van der Waals surface area contributed by atoms with Gasteiger partial charge in [-0.15, -0.1) is 3.69 Å². The first kappa shape index (κ1) is 9.50. The fourth-order valence-corrected chi connectivity index (χ4v) is 3.38. The minimum absolute atomic E-state index is 0.294. The third-order valence-corrected chi connectivity index (χ3v) is 4.36. The summed E-state index contributed by atoms with van der Waals surface area (Å²) >= 11 is -0.648. The first-order valence-corrected chi connectivity index (χ1v) is 7.37. The Balaban J connectivity index is 2.54. The van der Waals surface area contributed by atoms with Crippen LogP contribution in [-0.4, -0.2) is 25.0 Å². The predicted molar refractivity (Wildman–Crippen MR) is 55.0 cm³/mol. The van der Waals surface area contributed by atoms with Gasteiger partial charge in [-0.1, -0.05) is 23.8 Å². The van der Waals surface area contributed by atoms with E-state index in [0.717, 1.165) is 18.4 Å². The summed E-state index contributed by atoms with van der Waals surface area (Å²) < 4.78 is 1.26. The van der Waals surface area contributed by atoms with Crippen LogP contribution in [0.1, 0.15) is 28.8 Å². The summed E-state index contributed by atoms with van der Waals surface area (Å²) in [6, 6.07) is 5.95. The zero-order valence-corrected chi connectivity index (χ0v) is 9.52. The second-order valence-corrected chi connectivity index (χ2v) is 5.18. The van der Waals surface area contributed by atoms with Crippen molar-refractivity contribution >= 4 is 37.8 Å². The maximum atomic E-state index is 11.5. The molecule has 0 amide bonds. The van der Waals surface area contributed by atoms with Crippen molar-refractivity contribution in [2.24, 2.45) is 0 Å². The average Bonchev–Trinajstić information content (AvgIpc) is 2.18. The van der Waals surface area contributed by atoms with Gasteiger partial charge in [0.1, 0.15) is 0 Å². The van der Waals surface area contributed by atoms with Crippen LogP contribution in [0.4, 0.5) is 0 Å². The van der Waals surface area contributed by atoms with Crippen molar-refractivity contribution < 1.29 is 4.79 Å². The molecular formula is C10H9ClMgO. The molecule has 0 heterocycles. The molecule has 1 aliphatic rings. The molecule has 13 heavy (non-hydrogen) atoms. The second-order valence-electron chi connectivity index (χ2n) is 3.35. The zero-order valence-electron chi connectivity index (χ0n) is 7.35. The second kappa shape index (κ2) is 3.99. The number of halogens is 1. The first-order chi connectivity index (χ1) is 6.33. The molecule has 0 saturated carbocycles. The molecule has 64 valence electrons. The molecule has 0 unspecified atom stereocenters. The molecule has 0 saturated heterocycles. The molecule has 0 bridgehead atoms. The number of hydrogen-bond donors (Lipinski definition) is 0. The van der Waals surface area contributed by atoms with Crippen LogP contribution in [-0.2, 0) is 6.42 Å². The van der Waals surface area contributed by atoms with Crippen molar-refractivity contribution in [3.63, 3.8) is 0 Å². The van der Waals surface area contributed by atoms with E-state index in [1.807, 2.05) is 12.1 Å². The number of ketones is 1. The monoisotopic (exact) mass is 204 g/mol. The number of Topliss-reactive ketones (excluding diaryl/α,β-unsaturated/α-hetero) is 1. The summed E-state index contributed by atoms with van der Waals surface area (Å²) in [5.74, 6) is 0.294. The summed E-state index contributed by atoms with van der Waals surface area (Å²) in [5, 5.41) is 0. The summed E-state index contributed by atoms with van der Waals surface area (Å²) in [6.45, 7) is 0. The maximum Gasteiger partial charge on any atom is 0.538 e. The smallest absolute Gasteiger partial charge is 0.336 e. The third-order valence-electron chi connectivity index (χ3n) is 2.55. The van der Waals surface area contributed by atoms with Gasteiger partial charge in [-0.05, 0) is 12.8 Å². The normalized spacial score (nSPS) is 15.0. The van der Waals surface area contributed by atoms with Crippen molar-refractivity contribution in [3.05, 3.63) is 29.3 Å². The molecule has 1 aromatic rings. The number of carbonyl (C=O) groups excluding carboxylic acids is 1. The summed E-state index contributed by atoms with van der Waals surface area (Å²) in [6.07, 6.45) is 2.74. The van der Waals surface area contributed by atoms with Crippen molar-refractivity contribution in [2.75, 3.05) is 0 Å². The molecule has 1 aromatic carbocycles. The van der Waals surface area contributed by atoms with E-state index in [-0.39, 0.29) is 0 Å². The lowest BCUT2D eigenvalue weighted by Gasteiger charge is -2.17.